The maximum Gasteiger partial charge on any atom is 0.0541 e. The van der Waals surface area contributed by atoms with Gasteiger partial charge in [0.1, 0.15) is 0 Å². The molecule has 0 aliphatic rings. The van der Waals surface area contributed by atoms with Gasteiger partial charge in [0.2, 0.25) is 0 Å². The predicted molar refractivity (Wildman–Crippen MR) is 618 cm³/mol. The fraction of sp³-hybridized carbons (Fsp3) is 0. The molecule has 0 spiro atoms. The van der Waals surface area contributed by atoms with Crippen molar-refractivity contribution in [2.45, 2.75) is 0 Å². The van der Waals surface area contributed by atoms with E-state index >= 15 is 0 Å². The van der Waals surface area contributed by atoms with E-state index < -0.39 is 0 Å². The number of benzene rings is 24. The Hall–Kier alpha value is -19.4. The summed E-state index contributed by atoms with van der Waals surface area (Å²) >= 11 is 0. The van der Waals surface area contributed by atoms with Gasteiger partial charge in [0.15, 0.2) is 0 Å². The number of aromatic nitrogens is 6. The van der Waals surface area contributed by atoms with Crippen LogP contribution in [0.4, 0.5) is 0 Å². The van der Waals surface area contributed by atoms with Crippen LogP contribution in [0.5, 0.6) is 0 Å². The van der Waals surface area contributed by atoms with E-state index in [0.717, 1.165) is 22.7 Å². The van der Waals surface area contributed by atoms with Crippen LogP contribution in [0.3, 0.4) is 0 Å². The van der Waals surface area contributed by atoms with E-state index in [2.05, 4.69) is 586 Å². The van der Waals surface area contributed by atoms with Gasteiger partial charge in [0.05, 0.1) is 71.9 Å². The Morgan fingerprint density at radius 3 is 0.568 bits per heavy atom. The SMILES string of the molecule is c1ccc(-c2ccc(-n3c4ccccc4c4cc(-c5ccc6c(c5)c5ccccc5n6-c5ccc(-c6ccccc6)cc5)ccc43)cc2)cc1.c1ccc(-c2ccc(-n3c4ccccc4c4cc(-c5ccc6c(c5)c5ccccc5n6-c5ccc6ccccc6c5)ccc43)cc2)cc1.c1ccc(-c2ccc(-n3c4ccccc4c4cc(-c5ccc6c(c5)c5ccccc5n6-c5cccc6ccccc56)ccc43)cc2)cc1. The van der Waals surface area contributed by atoms with Crippen molar-refractivity contribution in [3.05, 3.63) is 558 Å². The molecule has 6 heteroatoms. The smallest absolute Gasteiger partial charge is 0.0541 e. The molecule has 6 nitrogen and oxygen atoms in total. The second-order valence-electron chi connectivity index (χ2n) is 38.2. The summed E-state index contributed by atoms with van der Waals surface area (Å²) in [4.78, 5) is 0. The zero-order valence-corrected chi connectivity index (χ0v) is 79.8. The lowest BCUT2D eigenvalue weighted by Crippen LogP contribution is -1.95. The molecule has 6 heterocycles. The molecule has 0 aliphatic carbocycles. The van der Waals surface area contributed by atoms with E-state index in [0.29, 0.717) is 0 Å². The molecule has 0 amide bonds. The first-order valence-electron chi connectivity index (χ1n) is 50.2. The maximum atomic E-state index is 2.43. The summed E-state index contributed by atoms with van der Waals surface area (Å²) in [6.45, 7) is 0. The average molecular weight is 1860 g/mol. The molecule has 682 valence electrons. The van der Waals surface area contributed by atoms with Crippen LogP contribution in [0.15, 0.2) is 558 Å². The lowest BCUT2D eigenvalue weighted by Gasteiger charge is -2.12. The molecule has 146 heavy (non-hydrogen) atoms. The summed E-state index contributed by atoms with van der Waals surface area (Å²) in [7, 11) is 0. The number of hydrogen-bond acceptors (Lipinski definition) is 0. The van der Waals surface area contributed by atoms with Gasteiger partial charge < -0.3 is 27.4 Å². The molecule has 0 saturated carbocycles. The number of nitrogens with zero attached hydrogens (tertiary/aromatic N) is 6. The summed E-state index contributed by atoms with van der Waals surface area (Å²) in [6, 6.07) is 203. The second kappa shape index (κ2) is 35.4. The lowest BCUT2D eigenvalue weighted by molar-refractivity contribution is 1.18. The van der Waals surface area contributed by atoms with Crippen LogP contribution in [0, 0.1) is 0 Å². The molecule has 24 aromatic carbocycles. The monoisotopic (exact) mass is 1860 g/mol. The van der Waals surface area contributed by atoms with Gasteiger partial charge in [-0.3, -0.25) is 0 Å². The van der Waals surface area contributed by atoms with Gasteiger partial charge in [-0.25, -0.2) is 0 Å². The number of hydrogen-bond donors (Lipinski definition) is 0. The summed E-state index contributed by atoms with van der Waals surface area (Å²) < 4.78 is 14.4. The zero-order chi connectivity index (χ0) is 96.2. The van der Waals surface area contributed by atoms with Crippen LogP contribution in [-0.2, 0) is 0 Å². The van der Waals surface area contributed by atoms with E-state index in [-0.39, 0.29) is 0 Å². The largest absolute Gasteiger partial charge is 0.309 e. The van der Waals surface area contributed by atoms with E-state index in [1.54, 1.807) is 0 Å². The van der Waals surface area contributed by atoms with Crippen molar-refractivity contribution in [3.63, 3.8) is 0 Å². The maximum absolute atomic E-state index is 2.43. The van der Waals surface area contributed by atoms with Crippen LogP contribution in [0.2, 0.25) is 0 Å². The third-order valence-corrected chi connectivity index (χ3v) is 30.0. The molecule has 0 atom stereocenters. The first-order chi connectivity index (χ1) is 72.4. The zero-order valence-electron chi connectivity index (χ0n) is 79.8. The Bertz CT molecular complexity index is 10100. The van der Waals surface area contributed by atoms with Crippen molar-refractivity contribution in [2.24, 2.45) is 0 Å². The molecule has 0 N–H and O–H groups in total. The van der Waals surface area contributed by atoms with Crippen LogP contribution in [0.1, 0.15) is 0 Å². The first kappa shape index (κ1) is 84.7. The molecular weight excluding hydrogens is 1770 g/mol. The molecule has 0 saturated heterocycles. The van der Waals surface area contributed by atoms with Gasteiger partial charge in [0, 0.05) is 98.5 Å². The minimum absolute atomic E-state index is 1.16. The Balaban J connectivity index is 0.000000106. The van der Waals surface area contributed by atoms with Gasteiger partial charge in [-0.15, -0.1) is 0 Å². The molecular formula is C140H92N6. The van der Waals surface area contributed by atoms with Crippen molar-refractivity contribution < 1.29 is 0 Å². The third kappa shape index (κ3) is 14.6. The molecule has 0 aliphatic heterocycles. The number of fused-ring (bicyclic) bond motifs is 20. The van der Waals surface area contributed by atoms with Gasteiger partial charge in [-0.2, -0.15) is 0 Å². The Morgan fingerprint density at radius 2 is 0.281 bits per heavy atom. The highest BCUT2D eigenvalue weighted by Crippen LogP contribution is 2.46. The predicted octanol–water partition coefficient (Wildman–Crippen LogP) is 37.6. The minimum Gasteiger partial charge on any atom is -0.309 e. The molecule has 0 bridgehead atoms. The normalized spacial score (nSPS) is 11.7. The van der Waals surface area contributed by atoms with Crippen molar-refractivity contribution in [2.75, 3.05) is 0 Å². The van der Waals surface area contributed by atoms with Crippen LogP contribution in [-0.4, -0.2) is 27.4 Å². The van der Waals surface area contributed by atoms with Gasteiger partial charge in [0.25, 0.3) is 0 Å². The quantitative estimate of drug-likeness (QED) is 0.110. The molecule has 6 aromatic heterocycles. The van der Waals surface area contributed by atoms with E-state index in [1.165, 1.54) is 242 Å². The minimum atomic E-state index is 1.16. The number of para-hydroxylation sites is 6. The van der Waals surface area contributed by atoms with Crippen molar-refractivity contribution >= 4 is 152 Å². The highest BCUT2D eigenvalue weighted by molar-refractivity contribution is 6.18. The fourth-order valence-corrected chi connectivity index (χ4v) is 23.0. The van der Waals surface area contributed by atoms with Gasteiger partial charge in [-0.05, 0) is 270 Å². The van der Waals surface area contributed by atoms with Crippen LogP contribution >= 0.6 is 0 Å². The van der Waals surface area contributed by atoms with Crippen molar-refractivity contribution in [1.29, 1.82) is 0 Å². The molecule has 30 rings (SSSR count). The fourth-order valence-electron chi connectivity index (χ4n) is 23.0. The number of rotatable bonds is 13. The summed E-state index contributed by atoms with van der Waals surface area (Å²) in [5.41, 5.74) is 38.7. The Morgan fingerprint density at radius 1 is 0.0890 bits per heavy atom. The molecule has 0 radical (unpaired) electrons. The van der Waals surface area contributed by atoms with Crippen molar-refractivity contribution in [1.82, 2.24) is 27.4 Å². The average Bonchev–Trinajstić information content (AvgIpc) is 1.59. The second-order valence-corrected chi connectivity index (χ2v) is 38.2. The lowest BCUT2D eigenvalue weighted by atomic mass is 10.0. The summed E-state index contributed by atoms with van der Waals surface area (Å²) in [5, 5.41) is 20.1. The third-order valence-electron chi connectivity index (χ3n) is 30.0. The molecule has 0 fully saturated rings. The standard InChI is InChI=1S/C48H32N2.2C46H30N2/c1-3-11-33(12-4-1)35-19-25-39(26-20-35)49-45-17-9-7-15-41(45)43-31-37(23-29-47(43)49)38-24-30-48-44(32-38)42-16-8-10-18-46(42)50(48)40-27-21-36(22-28-40)34-13-5-2-6-14-34;1-2-11-31(12-3-1)32-21-25-36(26-22-32)47-43-18-8-6-16-38(43)40-29-34(23-27-45(40)47)35-24-28-46-41(30-35)39-17-7-9-19-44(39)48(46)42-20-10-14-33-13-4-5-15-37(33)42;1-2-10-31(11-3-1)33-18-23-37(24-19-33)47-43-16-8-6-14-39(43)41-29-35(21-26-45(41)47)36-22-27-46-42(30-36)40-15-7-9-17-44(40)48(46)38-25-20-32-12-4-5-13-34(32)28-38/h1-32H;2*1-30H. The van der Waals surface area contributed by atoms with Gasteiger partial charge in [-0.1, -0.05) is 382 Å². The van der Waals surface area contributed by atoms with Crippen molar-refractivity contribution in [3.8, 4) is 112 Å². The van der Waals surface area contributed by atoms with E-state index in [4.69, 9.17) is 0 Å². The summed E-state index contributed by atoms with van der Waals surface area (Å²) in [6.07, 6.45) is 0. The van der Waals surface area contributed by atoms with Gasteiger partial charge >= 0.3 is 0 Å². The highest BCUT2D eigenvalue weighted by atomic mass is 15.0. The van der Waals surface area contributed by atoms with Crippen LogP contribution in [0.25, 0.3) is 264 Å². The first-order valence-corrected chi connectivity index (χ1v) is 50.2. The topological polar surface area (TPSA) is 29.6 Å². The highest BCUT2D eigenvalue weighted by Gasteiger charge is 2.24. The molecule has 0 unspecified atom stereocenters. The van der Waals surface area contributed by atoms with Crippen LogP contribution < -0.4 is 0 Å². The Labute approximate surface area is 843 Å². The Kier molecular flexibility index (Phi) is 20.5. The summed E-state index contributed by atoms with van der Waals surface area (Å²) in [5.74, 6) is 0. The van der Waals surface area contributed by atoms with E-state index in [1.807, 2.05) is 0 Å². The molecule has 30 aromatic rings. The van der Waals surface area contributed by atoms with E-state index in [9.17, 15) is 0 Å².